The number of likely N-dealkylation sites (tertiary alicyclic amines) is 1. The Morgan fingerprint density at radius 3 is 2.56 bits per heavy atom. The van der Waals surface area contributed by atoms with Crippen LogP contribution in [0.2, 0.25) is 0 Å². The van der Waals surface area contributed by atoms with E-state index in [1.54, 1.807) is 37.4 Å². The Balaban J connectivity index is 1.50. The zero-order valence-corrected chi connectivity index (χ0v) is 14.8. The normalized spacial score (nSPS) is 14.9. The highest BCUT2D eigenvalue weighted by atomic mass is 16.5. The summed E-state index contributed by atoms with van der Waals surface area (Å²) in [5.41, 5.74) is 2.26. The standard InChI is InChI=1S/C21H19NO5/c1-26-17-5-3-14(4-6-17)20(23)19-9-15-8-13(2-7-18(15)27-19)10-22-11-16(12-22)21(24)25/h2-9,16H,10-12H2,1H3,(H,24,25). The molecular formula is C21H19NO5. The molecule has 0 amide bonds. The molecule has 0 spiro atoms. The largest absolute Gasteiger partial charge is 0.497 e. The summed E-state index contributed by atoms with van der Waals surface area (Å²) in [4.78, 5) is 25.6. The lowest BCUT2D eigenvalue weighted by atomic mass is 9.99. The smallest absolute Gasteiger partial charge is 0.309 e. The van der Waals surface area contributed by atoms with Crippen molar-refractivity contribution >= 4 is 22.7 Å². The topological polar surface area (TPSA) is 80.0 Å². The van der Waals surface area contributed by atoms with Crippen molar-refractivity contribution in [2.75, 3.05) is 20.2 Å². The van der Waals surface area contributed by atoms with Gasteiger partial charge in [0.2, 0.25) is 5.78 Å². The van der Waals surface area contributed by atoms with Gasteiger partial charge in [0.05, 0.1) is 13.0 Å². The van der Waals surface area contributed by atoms with Crippen LogP contribution in [0, 0.1) is 5.92 Å². The minimum Gasteiger partial charge on any atom is -0.497 e. The molecular weight excluding hydrogens is 346 g/mol. The first kappa shape index (κ1) is 17.3. The molecule has 27 heavy (non-hydrogen) atoms. The van der Waals surface area contributed by atoms with E-state index in [1.165, 1.54) is 0 Å². The van der Waals surface area contributed by atoms with Crippen LogP contribution in [0.25, 0.3) is 11.0 Å². The number of carboxylic acid groups (broad SMARTS) is 1. The van der Waals surface area contributed by atoms with E-state index >= 15 is 0 Å². The number of methoxy groups -OCH3 is 1. The molecule has 2 aromatic carbocycles. The summed E-state index contributed by atoms with van der Waals surface area (Å²) in [5, 5.41) is 9.82. The maximum atomic E-state index is 12.6. The zero-order chi connectivity index (χ0) is 19.0. The van der Waals surface area contributed by atoms with Crippen LogP contribution in [0.1, 0.15) is 21.7 Å². The maximum Gasteiger partial charge on any atom is 0.309 e. The summed E-state index contributed by atoms with van der Waals surface area (Å²) in [6.07, 6.45) is 0. The summed E-state index contributed by atoms with van der Waals surface area (Å²) in [5.74, 6) is -0.198. The first-order valence-electron chi connectivity index (χ1n) is 8.70. The molecule has 138 valence electrons. The molecule has 0 bridgehead atoms. The van der Waals surface area contributed by atoms with Gasteiger partial charge in [-0.3, -0.25) is 14.5 Å². The van der Waals surface area contributed by atoms with Crippen LogP contribution >= 0.6 is 0 Å². The molecule has 3 aromatic rings. The van der Waals surface area contributed by atoms with Gasteiger partial charge in [-0.25, -0.2) is 0 Å². The molecule has 0 aliphatic carbocycles. The van der Waals surface area contributed by atoms with Gasteiger partial charge in [0, 0.05) is 30.6 Å². The Kier molecular flexibility index (Phi) is 4.41. The van der Waals surface area contributed by atoms with Gasteiger partial charge in [0.15, 0.2) is 5.76 Å². The number of rotatable bonds is 6. The van der Waals surface area contributed by atoms with E-state index in [1.807, 2.05) is 18.2 Å². The maximum absolute atomic E-state index is 12.6. The molecule has 1 saturated heterocycles. The van der Waals surface area contributed by atoms with E-state index in [0.717, 1.165) is 10.9 Å². The van der Waals surface area contributed by atoms with Crippen LogP contribution in [-0.2, 0) is 11.3 Å². The first-order chi connectivity index (χ1) is 13.0. The van der Waals surface area contributed by atoms with Gasteiger partial charge >= 0.3 is 5.97 Å². The van der Waals surface area contributed by atoms with E-state index in [9.17, 15) is 9.59 Å². The molecule has 4 rings (SSSR count). The average molecular weight is 365 g/mol. The average Bonchev–Trinajstić information content (AvgIpc) is 3.06. The number of ketones is 1. The van der Waals surface area contributed by atoms with Crippen LogP contribution in [-0.4, -0.2) is 42.0 Å². The third kappa shape index (κ3) is 3.44. The number of ether oxygens (including phenoxy) is 1. The Morgan fingerprint density at radius 2 is 1.89 bits per heavy atom. The Hall–Kier alpha value is -3.12. The second kappa shape index (κ2) is 6.89. The van der Waals surface area contributed by atoms with Gasteiger partial charge in [-0.15, -0.1) is 0 Å². The molecule has 2 heterocycles. The van der Waals surface area contributed by atoms with Gasteiger partial charge in [-0.2, -0.15) is 0 Å². The van der Waals surface area contributed by atoms with Crippen molar-refractivity contribution < 1.29 is 23.8 Å². The molecule has 6 heteroatoms. The fourth-order valence-corrected chi connectivity index (χ4v) is 3.30. The second-order valence-corrected chi connectivity index (χ2v) is 6.77. The van der Waals surface area contributed by atoms with Crippen molar-refractivity contribution in [2.24, 2.45) is 5.92 Å². The number of aliphatic carboxylic acids is 1. The summed E-state index contributed by atoms with van der Waals surface area (Å²) < 4.78 is 10.8. The highest BCUT2D eigenvalue weighted by molar-refractivity contribution is 6.09. The third-order valence-electron chi connectivity index (χ3n) is 4.87. The van der Waals surface area contributed by atoms with E-state index in [-0.39, 0.29) is 11.7 Å². The molecule has 0 unspecified atom stereocenters. The number of nitrogens with zero attached hydrogens (tertiary/aromatic N) is 1. The van der Waals surface area contributed by atoms with Crippen LogP contribution in [0.15, 0.2) is 52.9 Å². The highest BCUT2D eigenvalue weighted by Gasteiger charge is 2.32. The fourth-order valence-electron chi connectivity index (χ4n) is 3.30. The fraction of sp³-hybridized carbons (Fsp3) is 0.238. The van der Waals surface area contributed by atoms with E-state index in [4.69, 9.17) is 14.3 Å². The van der Waals surface area contributed by atoms with Crippen molar-refractivity contribution in [2.45, 2.75) is 6.54 Å². The summed E-state index contributed by atoms with van der Waals surface area (Å²) in [6.45, 7) is 1.83. The minimum absolute atomic E-state index is 0.178. The molecule has 1 N–H and O–H groups in total. The van der Waals surface area contributed by atoms with Crippen molar-refractivity contribution in [3.8, 4) is 5.75 Å². The predicted octanol–water partition coefficient (Wildman–Crippen LogP) is 3.19. The third-order valence-corrected chi connectivity index (χ3v) is 4.87. The summed E-state index contributed by atoms with van der Waals surface area (Å²) in [6, 6.07) is 14.4. The van der Waals surface area contributed by atoms with Gasteiger partial charge in [-0.05, 0) is 48.0 Å². The lowest BCUT2D eigenvalue weighted by Gasteiger charge is -2.36. The zero-order valence-electron chi connectivity index (χ0n) is 14.8. The van der Waals surface area contributed by atoms with Crippen molar-refractivity contribution in [3.05, 3.63) is 65.4 Å². The van der Waals surface area contributed by atoms with Gasteiger partial charge in [0.25, 0.3) is 0 Å². The number of carboxylic acids is 1. The number of benzene rings is 2. The molecule has 0 saturated carbocycles. The number of hydrogen-bond acceptors (Lipinski definition) is 5. The molecule has 1 aromatic heterocycles. The number of furan rings is 1. The van der Waals surface area contributed by atoms with Crippen molar-refractivity contribution in [1.29, 1.82) is 0 Å². The predicted molar refractivity (Wildman–Crippen MR) is 99.0 cm³/mol. The SMILES string of the molecule is COc1ccc(C(=O)c2cc3cc(CN4CC(C(=O)O)C4)ccc3o2)cc1. The number of carbonyl (C=O) groups is 2. The van der Waals surface area contributed by atoms with Gasteiger partial charge < -0.3 is 14.3 Å². The lowest BCUT2D eigenvalue weighted by molar-refractivity contribution is -0.147. The van der Waals surface area contributed by atoms with Crippen LogP contribution in [0.3, 0.4) is 0 Å². The van der Waals surface area contributed by atoms with Crippen LogP contribution < -0.4 is 4.74 Å². The Morgan fingerprint density at radius 1 is 1.15 bits per heavy atom. The summed E-state index contributed by atoms with van der Waals surface area (Å²) >= 11 is 0. The summed E-state index contributed by atoms with van der Waals surface area (Å²) in [7, 11) is 1.58. The monoisotopic (exact) mass is 365 g/mol. The first-order valence-corrected chi connectivity index (χ1v) is 8.70. The number of carbonyl (C=O) groups excluding carboxylic acids is 1. The van der Waals surface area contributed by atoms with Crippen LogP contribution in [0.4, 0.5) is 0 Å². The number of hydrogen-bond donors (Lipinski definition) is 1. The van der Waals surface area contributed by atoms with Crippen molar-refractivity contribution in [1.82, 2.24) is 4.90 Å². The Bertz CT molecular complexity index is 999. The van der Waals surface area contributed by atoms with Gasteiger partial charge in [-0.1, -0.05) is 6.07 Å². The molecule has 6 nitrogen and oxygen atoms in total. The molecule has 1 aliphatic rings. The van der Waals surface area contributed by atoms with Crippen molar-refractivity contribution in [3.63, 3.8) is 0 Å². The molecule has 0 radical (unpaired) electrons. The van der Waals surface area contributed by atoms with Gasteiger partial charge in [0.1, 0.15) is 11.3 Å². The second-order valence-electron chi connectivity index (χ2n) is 6.77. The molecule has 1 aliphatic heterocycles. The quantitative estimate of drug-likeness (QED) is 0.676. The minimum atomic E-state index is -0.738. The highest BCUT2D eigenvalue weighted by Crippen LogP contribution is 2.25. The molecule has 0 atom stereocenters. The number of fused-ring (bicyclic) bond motifs is 1. The molecule has 1 fully saturated rings. The van der Waals surface area contributed by atoms with E-state index in [0.29, 0.717) is 42.3 Å². The van der Waals surface area contributed by atoms with Crippen LogP contribution in [0.5, 0.6) is 5.75 Å². The Labute approximate surface area is 156 Å². The van der Waals surface area contributed by atoms with E-state index in [2.05, 4.69) is 4.90 Å². The lowest BCUT2D eigenvalue weighted by Crippen LogP contribution is -2.49. The van der Waals surface area contributed by atoms with E-state index < -0.39 is 5.97 Å².